The van der Waals surface area contributed by atoms with Crippen LogP contribution in [0, 0.1) is 0 Å². The Hall–Kier alpha value is -2.89. The van der Waals surface area contributed by atoms with E-state index in [1.54, 1.807) is 6.20 Å². The zero-order chi connectivity index (χ0) is 22.2. The number of rotatable bonds is 4. The summed E-state index contributed by atoms with van der Waals surface area (Å²) in [6.45, 7) is 0. The van der Waals surface area contributed by atoms with Crippen molar-refractivity contribution < 1.29 is 9.90 Å². The molecule has 32 heavy (non-hydrogen) atoms. The highest BCUT2D eigenvalue weighted by atomic mass is 35.5. The summed E-state index contributed by atoms with van der Waals surface area (Å²) in [5.74, 6) is -0.869. The largest absolute Gasteiger partial charge is 0.476 e. The van der Waals surface area contributed by atoms with Gasteiger partial charge < -0.3 is 5.11 Å². The second-order valence-electron chi connectivity index (χ2n) is 8.20. The monoisotopic (exact) mass is 465 g/mol. The van der Waals surface area contributed by atoms with E-state index in [9.17, 15) is 9.90 Å². The van der Waals surface area contributed by atoms with E-state index in [1.165, 1.54) is 0 Å². The summed E-state index contributed by atoms with van der Waals surface area (Å²) < 4.78 is 1.83. The van der Waals surface area contributed by atoms with Gasteiger partial charge in [0.2, 0.25) is 0 Å². The van der Waals surface area contributed by atoms with Crippen molar-refractivity contribution >= 4 is 40.1 Å². The third-order valence-electron chi connectivity index (χ3n) is 6.12. The molecule has 4 aromatic rings. The maximum Gasteiger partial charge on any atom is 0.356 e. The van der Waals surface area contributed by atoms with E-state index in [0.29, 0.717) is 16.5 Å². The lowest BCUT2D eigenvalue weighted by molar-refractivity contribution is 0.0688. The summed E-state index contributed by atoms with van der Waals surface area (Å²) in [6.07, 6.45) is 6.12. The molecular formula is C25H21Cl2N3O2. The number of nitrogens with zero attached hydrogens (tertiary/aromatic N) is 3. The number of aromatic nitrogens is 3. The lowest BCUT2D eigenvalue weighted by atomic mass is 9.91. The summed E-state index contributed by atoms with van der Waals surface area (Å²) >= 11 is 12.4. The minimum Gasteiger partial charge on any atom is -0.476 e. The van der Waals surface area contributed by atoms with Crippen molar-refractivity contribution in [2.75, 3.05) is 0 Å². The first kappa shape index (κ1) is 21.0. The van der Waals surface area contributed by atoms with Crippen LogP contribution in [-0.4, -0.2) is 25.8 Å². The van der Waals surface area contributed by atoms with Crippen LogP contribution < -0.4 is 0 Å². The Balaban J connectivity index is 1.72. The number of hydrogen-bond acceptors (Lipinski definition) is 3. The minimum atomic E-state index is -0.996. The zero-order valence-corrected chi connectivity index (χ0v) is 18.8. The number of hydrogen-bond donors (Lipinski definition) is 1. The molecule has 162 valence electrons. The van der Waals surface area contributed by atoms with Crippen LogP contribution in [0.4, 0.5) is 0 Å². The fraction of sp³-hybridized carbons (Fsp3) is 0.240. The Morgan fingerprint density at radius 3 is 2.75 bits per heavy atom. The van der Waals surface area contributed by atoms with Crippen LogP contribution in [0.3, 0.4) is 0 Å². The van der Waals surface area contributed by atoms with E-state index in [0.717, 1.165) is 59.1 Å². The third-order valence-corrected chi connectivity index (χ3v) is 6.59. The lowest BCUT2D eigenvalue weighted by Gasteiger charge is -2.19. The average molecular weight is 466 g/mol. The number of halogens is 2. The lowest BCUT2D eigenvalue weighted by Crippen LogP contribution is -2.11. The molecule has 0 radical (unpaired) electrons. The molecule has 5 rings (SSSR count). The van der Waals surface area contributed by atoms with Crippen LogP contribution in [0.1, 0.15) is 52.5 Å². The molecule has 2 aromatic heterocycles. The number of benzene rings is 2. The first-order valence-electron chi connectivity index (χ1n) is 10.7. The van der Waals surface area contributed by atoms with E-state index in [2.05, 4.69) is 16.1 Å². The fourth-order valence-electron chi connectivity index (χ4n) is 4.75. The molecule has 1 atom stereocenters. The average Bonchev–Trinajstić information content (AvgIpc) is 3.03. The summed E-state index contributed by atoms with van der Waals surface area (Å²) in [7, 11) is 0. The molecule has 1 N–H and O–H groups in total. The van der Waals surface area contributed by atoms with Crippen molar-refractivity contribution in [2.24, 2.45) is 0 Å². The van der Waals surface area contributed by atoms with Crippen LogP contribution in [0.25, 0.3) is 16.6 Å². The Morgan fingerprint density at radius 2 is 1.94 bits per heavy atom. The number of fused-ring (bicyclic) bond motifs is 2. The highest BCUT2D eigenvalue weighted by Gasteiger charge is 2.31. The molecule has 1 aliphatic carbocycles. The van der Waals surface area contributed by atoms with E-state index < -0.39 is 5.97 Å². The molecule has 0 saturated carbocycles. The second-order valence-corrected chi connectivity index (χ2v) is 9.07. The molecule has 1 aliphatic rings. The smallest absolute Gasteiger partial charge is 0.356 e. The van der Waals surface area contributed by atoms with Gasteiger partial charge in [0, 0.05) is 33.1 Å². The standard InChI is InChI=1S/C25H21Cl2N3O2/c26-17-6-3-4-15(13-17)12-16-5-1-2-7-20-23(25(31)32)29-30(24(16)20)22-10-11-28-21-14-18(27)8-9-19(21)22/h3-4,6,8-11,13-14,16H,1-2,5,7,12H2,(H,31,32). The molecule has 0 aliphatic heterocycles. The summed E-state index contributed by atoms with van der Waals surface area (Å²) in [6, 6.07) is 15.3. The Labute approximate surface area is 195 Å². The van der Waals surface area contributed by atoms with Gasteiger partial charge in [-0.2, -0.15) is 5.10 Å². The summed E-state index contributed by atoms with van der Waals surface area (Å²) in [4.78, 5) is 16.6. The molecule has 7 heteroatoms. The number of carboxylic acids is 1. The second kappa shape index (κ2) is 8.57. The highest BCUT2D eigenvalue weighted by molar-refractivity contribution is 6.31. The van der Waals surface area contributed by atoms with Gasteiger partial charge in [0.1, 0.15) is 0 Å². The first-order chi connectivity index (χ1) is 15.5. The van der Waals surface area contributed by atoms with Crippen molar-refractivity contribution in [3.8, 4) is 5.69 Å². The first-order valence-corrected chi connectivity index (χ1v) is 11.4. The maximum atomic E-state index is 12.1. The van der Waals surface area contributed by atoms with E-state index in [-0.39, 0.29) is 11.6 Å². The summed E-state index contributed by atoms with van der Waals surface area (Å²) in [5, 5.41) is 16.7. The van der Waals surface area contributed by atoms with Gasteiger partial charge >= 0.3 is 5.97 Å². The van der Waals surface area contributed by atoms with E-state index in [4.69, 9.17) is 23.2 Å². The third kappa shape index (κ3) is 3.87. The van der Waals surface area contributed by atoms with Crippen molar-refractivity contribution in [1.82, 2.24) is 14.8 Å². The number of carbonyl (C=O) groups is 1. The highest BCUT2D eigenvalue weighted by Crippen LogP contribution is 2.38. The predicted octanol–water partition coefficient (Wildman–Crippen LogP) is 6.48. The molecule has 0 spiro atoms. The molecule has 0 fully saturated rings. The van der Waals surface area contributed by atoms with Gasteiger partial charge in [0.15, 0.2) is 5.69 Å². The fourth-order valence-corrected chi connectivity index (χ4v) is 5.13. The van der Waals surface area contributed by atoms with Crippen LogP contribution >= 0.6 is 23.2 Å². The molecule has 2 heterocycles. The van der Waals surface area contributed by atoms with Gasteiger partial charge in [-0.15, -0.1) is 0 Å². The van der Waals surface area contributed by atoms with Gasteiger partial charge in [-0.05, 0) is 67.6 Å². The molecular weight excluding hydrogens is 445 g/mol. The van der Waals surface area contributed by atoms with Crippen molar-refractivity contribution in [3.05, 3.63) is 87.3 Å². The van der Waals surface area contributed by atoms with Crippen molar-refractivity contribution in [2.45, 2.75) is 38.0 Å². The quantitative estimate of drug-likeness (QED) is 0.350. The molecule has 0 bridgehead atoms. The van der Waals surface area contributed by atoms with E-state index in [1.807, 2.05) is 47.1 Å². The number of aromatic carboxylic acids is 1. The Kier molecular flexibility index (Phi) is 5.62. The van der Waals surface area contributed by atoms with Crippen molar-refractivity contribution in [1.29, 1.82) is 0 Å². The maximum absolute atomic E-state index is 12.1. The Morgan fingerprint density at radius 1 is 1.09 bits per heavy atom. The van der Waals surface area contributed by atoms with Gasteiger partial charge in [-0.25, -0.2) is 9.48 Å². The number of pyridine rings is 1. The van der Waals surface area contributed by atoms with Gasteiger partial charge in [-0.3, -0.25) is 4.98 Å². The van der Waals surface area contributed by atoms with E-state index >= 15 is 0 Å². The van der Waals surface area contributed by atoms with Crippen LogP contribution in [0.15, 0.2) is 54.7 Å². The van der Waals surface area contributed by atoms with Crippen LogP contribution in [0.2, 0.25) is 10.0 Å². The molecule has 5 nitrogen and oxygen atoms in total. The SMILES string of the molecule is O=C(O)c1nn(-c2ccnc3cc(Cl)ccc23)c2c1CCCCC2Cc1cccc(Cl)c1. The molecule has 0 saturated heterocycles. The minimum absolute atomic E-state index is 0.127. The molecule has 1 unspecified atom stereocenters. The predicted molar refractivity (Wildman–Crippen MR) is 126 cm³/mol. The Bertz CT molecular complexity index is 1330. The van der Waals surface area contributed by atoms with Crippen LogP contribution in [-0.2, 0) is 12.8 Å². The van der Waals surface area contributed by atoms with Gasteiger partial charge in [0.25, 0.3) is 0 Å². The van der Waals surface area contributed by atoms with Crippen LogP contribution in [0.5, 0.6) is 0 Å². The zero-order valence-electron chi connectivity index (χ0n) is 17.3. The summed E-state index contributed by atoms with van der Waals surface area (Å²) in [5.41, 5.74) is 4.64. The van der Waals surface area contributed by atoms with Crippen molar-refractivity contribution in [3.63, 3.8) is 0 Å². The van der Waals surface area contributed by atoms with Gasteiger partial charge in [0.05, 0.1) is 16.9 Å². The van der Waals surface area contributed by atoms with Gasteiger partial charge in [-0.1, -0.05) is 41.8 Å². The molecule has 2 aromatic carbocycles. The normalized spacial score (nSPS) is 16.0. The number of carboxylic acid groups (broad SMARTS) is 1. The topological polar surface area (TPSA) is 68.0 Å². The molecule has 0 amide bonds.